The Balaban J connectivity index is 3.58. The van der Waals surface area contributed by atoms with Crippen molar-refractivity contribution in [2.45, 2.75) is 32.5 Å². The van der Waals surface area contributed by atoms with Crippen molar-refractivity contribution >= 4 is 0 Å². The van der Waals surface area contributed by atoms with E-state index in [1.165, 1.54) is 0 Å². The smallest absolute Gasteiger partial charge is 0.104 e. The van der Waals surface area contributed by atoms with Crippen molar-refractivity contribution in [1.29, 1.82) is 0 Å². The normalized spacial score (nSPS) is 14.8. The molecule has 0 fully saturated rings. The third-order valence-electron chi connectivity index (χ3n) is 1.39. The Morgan fingerprint density at radius 2 is 1.67 bits per heavy atom. The van der Waals surface area contributed by atoms with Crippen LogP contribution in [0.1, 0.15) is 20.8 Å². The van der Waals surface area contributed by atoms with E-state index in [0.717, 1.165) is 0 Å². The monoisotopic (exact) mass is 176 g/mol. The summed E-state index contributed by atoms with van der Waals surface area (Å²) in [6.45, 7) is 7.21. The molecular weight excluding hydrogens is 156 g/mol. The lowest BCUT2D eigenvalue weighted by Crippen LogP contribution is -2.30. The lowest BCUT2D eigenvalue weighted by Gasteiger charge is -2.23. The van der Waals surface area contributed by atoms with Crippen molar-refractivity contribution < 1.29 is 14.2 Å². The highest BCUT2D eigenvalue weighted by Gasteiger charge is 2.14. The fraction of sp³-hybridized carbons (Fsp3) is 1.00. The van der Waals surface area contributed by atoms with E-state index in [1.54, 1.807) is 14.2 Å². The molecule has 0 aromatic rings. The third-order valence-corrected chi connectivity index (χ3v) is 1.39. The molecule has 0 aromatic heterocycles. The van der Waals surface area contributed by atoms with E-state index in [2.05, 4.69) is 0 Å². The van der Waals surface area contributed by atoms with Crippen LogP contribution in [0.25, 0.3) is 0 Å². The molecule has 3 nitrogen and oxygen atoms in total. The quantitative estimate of drug-likeness (QED) is 0.634. The Morgan fingerprint density at radius 3 is 2.00 bits per heavy atom. The standard InChI is InChI=1S/C9H20O3/c1-9(2,3)12-7-8(11-5)6-10-4/h8H,6-7H2,1-5H3. The number of hydrogen-bond donors (Lipinski definition) is 0. The second kappa shape index (κ2) is 5.51. The number of ether oxygens (including phenoxy) is 3. The SMILES string of the molecule is COCC(COC(C)(C)C)OC. The number of hydrogen-bond acceptors (Lipinski definition) is 3. The molecule has 12 heavy (non-hydrogen) atoms. The Hall–Kier alpha value is -0.120. The van der Waals surface area contributed by atoms with Gasteiger partial charge in [-0.1, -0.05) is 0 Å². The Labute approximate surface area is 75.0 Å². The molecule has 3 heteroatoms. The van der Waals surface area contributed by atoms with Crippen molar-refractivity contribution in [3.8, 4) is 0 Å². The van der Waals surface area contributed by atoms with Gasteiger partial charge in [-0.05, 0) is 20.8 Å². The maximum Gasteiger partial charge on any atom is 0.104 e. The highest BCUT2D eigenvalue weighted by Crippen LogP contribution is 2.07. The van der Waals surface area contributed by atoms with Gasteiger partial charge in [-0.25, -0.2) is 0 Å². The van der Waals surface area contributed by atoms with Gasteiger partial charge in [-0.15, -0.1) is 0 Å². The zero-order valence-corrected chi connectivity index (χ0v) is 8.72. The van der Waals surface area contributed by atoms with Gasteiger partial charge in [0.05, 0.1) is 18.8 Å². The second-order valence-corrected chi connectivity index (χ2v) is 3.74. The first-order valence-electron chi connectivity index (χ1n) is 4.15. The summed E-state index contributed by atoms with van der Waals surface area (Å²) in [4.78, 5) is 0. The molecule has 0 spiro atoms. The fourth-order valence-electron chi connectivity index (χ4n) is 0.713. The summed E-state index contributed by atoms with van der Waals surface area (Å²) in [5, 5.41) is 0. The van der Waals surface area contributed by atoms with Crippen molar-refractivity contribution in [3.05, 3.63) is 0 Å². The van der Waals surface area contributed by atoms with Crippen LogP contribution in [-0.2, 0) is 14.2 Å². The summed E-state index contributed by atoms with van der Waals surface area (Å²) in [7, 11) is 3.32. The van der Waals surface area contributed by atoms with E-state index in [-0.39, 0.29) is 11.7 Å². The van der Waals surface area contributed by atoms with Gasteiger partial charge >= 0.3 is 0 Å². The third kappa shape index (κ3) is 6.58. The number of rotatable bonds is 5. The first kappa shape index (κ1) is 11.9. The molecule has 0 aliphatic carbocycles. The Morgan fingerprint density at radius 1 is 1.08 bits per heavy atom. The molecule has 0 aromatic carbocycles. The van der Waals surface area contributed by atoms with E-state index < -0.39 is 0 Å². The molecule has 0 aliphatic rings. The molecule has 74 valence electrons. The molecule has 0 amide bonds. The van der Waals surface area contributed by atoms with Gasteiger partial charge in [0.15, 0.2) is 0 Å². The molecule has 0 saturated carbocycles. The summed E-state index contributed by atoms with van der Waals surface area (Å²) in [6.07, 6.45) is 0.0363. The lowest BCUT2D eigenvalue weighted by atomic mass is 10.2. The van der Waals surface area contributed by atoms with E-state index >= 15 is 0 Å². The highest BCUT2D eigenvalue weighted by atomic mass is 16.6. The van der Waals surface area contributed by atoms with Crippen LogP contribution in [-0.4, -0.2) is 39.1 Å². The molecule has 0 bridgehead atoms. The summed E-state index contributed by atoms with van der Waals surface area (Å²) >= 11 is 0. The predicted molar refractivity (Wildman–Crippen MR) is 48.4 cm³/mol. The van der Waals surface area contributed by atoms with Crippen LogP contribution in [0, 0.1) is 0 Å². The predicted octanol–water partition coefficient (Wildman–Crippen LogP) is 1.46. The van der Waals surface area contributed by atoms with E-state index in [0.29, 0.717) is 13.2 Å². The topological polar surface area (TPSA) is 27.7 Å². The molecule has 1 atom stereocenters. The molecule has 0 N–H and O–H groups in total. The summed E-state index contributed by atoms with van der Waals surface area (Å²) < 4.78 is 15.6. The summed E-state index contributed by atoms with van der Waals surface area (Å²) in [6, 6.07) is 0. The minimum absolute atomic E-state index is 0.0363. The van der Waals surface area contributed by atoms with Gasteiger partial charge < -0.3 is 14.2 Å². The van der Waals surface area contributed by atoms with E-state index in [1.807, 2.05) is 20.8 Å². The van der Waals surface area contributed by atoms with Crippen LogP contribution in [0.2, 0.25) is 0 Å². The maximum atomic E-state index is 5.53. The maximum absolute atomic E-state index is 5.53. The summed E-state index contributed by atoms with van der Waals surface area (Å²) in [5.41, 5.74) is -0.107. The fourth-order valence-corrected chi connectivity index (χ4v) is 0.713. The first-order valence-corrected chi connectivity index (χ1v) is 4.15. The largest absolute Gasteiger partial charge is 0.382 e. The van der Waals surface area contributed by atoms with Gasteiger partial charge in [0, 0.05) is 14.2 Å². The second-order valence-electron chi connectivity index (χ2n) is 3.74. The van der Waals surface area contributed by atoms with E-state index in [4.69, 9.17) is 14.2 Å². The van der Waals surface area contributed by atoms with Crippen molar-refractivity contribution in [2.24, 2.45) is 0 Å². The van der Waals surface area contributed by atoms with Gasteiger partial charge in [0.25, 0.3) is 0 Å². The van der Waals surface area contributed by atoms with Crippen molar-refractivity contribution in [1.82, 2.24) is 0 Å². The zero-order valence-electron chi connectivity index (χ0n) is 8.72. The molecule has 0 rings (SSSR count). The zero-order chi connectivity index (χ0) is 9.61. The minimum atomic E-state index is -0.107. The highest BCUT2D eigenvalue weighted by molar-refractivity contribution is 4.62. The molecule has 0 heterocycles. The average Bonchev–Trinajstić information content (AvgIpc) is 1.96. The van der Waals surface area contributed by atoms with Crippen LogP contribution in [0.3, 0.4) is 0 Å². The van der Waals surface area contributed by atoms with Crippen LogP contribution in [0.5, 0.6) is 0 Å². The van der Waals surface area contributed by atoms with Crippen LogP contribution in [0.4, 0.5) is 0 Å². The number of methoxy groups -OCH3 is 2. The molecule has 0 aliphatic heterocycles. The summed E-state index contributed by atoms with van der Waals surface area (Å²) in [5.74, 6) is 0. The van der Waals surface area contributed by atoms with Crippen molar-refractivity contribution in [3.63, 3.8) is 0 Å². The molecule has 0 saturated heterocycles. The van der Waals surface area contributed by atoms with Gasteiger partial charge in [0.2, 0.25) is 0 Å². The van der Waals surface area contributed by atoms with E-state index in [9.17, 15) is 0 Å². The van der Waals surface area contributed by atoms with Gasteiger partial charge in [0.1, 0.15) is 6.10 Å². The van der Waals surface area contributed by atoms with Crippen LogP contribution in [0.15, 0.2) is 0 Å². The van der Waals surface area contributed by atoms with Crippen LogP contribution < -0.4 is 0 Å². The van der Waals surface area contributed by atoms with Gasteiger partial charge in [-0.2, -0.15) is 0 Å². The average molecular weight is 176 g/mol. The van der Waals surface area contributed by atoms with Gasteiger partial charge in [-0.3, -0.25) is 0 Å². The lowest BCUT2D eigenvalue weighted by molar-refractivity contribution is -0.0794. The molecule has 1 unspecified atom stereocenters. The first-order chi connectivity index (χ1) is 5.49. The Kier molecular flexibility index (Phi) is 5.46. The van der Waals surface area contributed by atoms with Crippen molar-refractivity contribution in [2.75, 3.05) is 27.4 Å². The molecule has 0 radical (unpaired) electrons. The minimum Gasteiger partial charge on any atom is -0.382 e. The molecular formula is C9H20O3. The van der Waals surface area contributed by atoms with Crippen LogP contribution >= 0.6 is 0 Å². The Bertz CT molecular complexity index is 107.